The molecule has 2 rings (SSSR count). The van der Waals surface area contributed by atoms with Crippen LogP contribution in [0.15, 0.2) is 12.4 Å². The average molecular weight is 237 g/mol. The van der Waals surface area contributed by atoms with Gasteiger partial charge in [-0.25, -0.2) is 4.98 Å². The van der Waals surface area contributed by atoms with Gasteiger partial charge in [0.15, 0.2) is 0 Å². The molecule has 0 radical (unpaired) electrons. The lowest BCUT2D eigenvalue weighted by Crippen LogP contribution is -2.30. The molecule has 0 spiro atoms. The van der Waals surface area contributed by atoms with Crippen molar-refractivity contribution in [3.8, 4) is 0 Å². The van der Waals surface area contributed by atoms with Gasteiger partial charge in [-0.1, -0.05) is 25.7 Å². The molecule has 0 bridgehead atoms. The Bertz CT molecular complexity index is 292. The van der Waals surface area contributed by atoms with Crippen LogP contribution >= 0.6 is 0 Å². The molecule has 17 heavy (non-hydrogen) atoms. The van der Waals surface area contributed by atoms with Gasteiger partial charge in [-0.3, -0.25) is 0 Å². The van der Waals surface area contributed by atoms with Crippen LogP contribution in [0.1, 0.15) is 50.4 Å². The van der Waals surface area contributed by atoms with Crippen LogP contribution in [0.2, 0.25) is 0 Å². The smallest absolute Gasteiger partial charge is 0.125 e. The van der Waals surface area contributed by atoms with E-state index in [2.05, 4.69) is 15.3 Å². The van der Waals surface area contributed by atoms with E-state index in [9.17, 15) is 5.11 Å². The maximum atomic E-state index is 9.36. The number of imidazole rings is 1. The standard InChI is InChI=1S/C13H23N3O/c17-10-12(13-14-7-8-15-13)16-9-11-5-3-1-2-4-6-11/h7-8,11-12,16-17H,1-6,9-10H2,(H,14,15). The van der Waals surface area contributed by atoms with Crippen LogP contribution in [0.4, 0.5) is 0 Å². The molecule has 0 aromatic carbocycles. The Morgan fingerprint density at radius 1 is 1.35 bits per heavy atom. The van der Waals surface area contributed by atoms with Gasteiger partial charge >= 0.3 is 0 Å². The molecule has 4 nitrogen and oxygen atoms in total. The van der Waals surface area contributed by atoms with Crippen LogP contribution in [0.3, 0.4) is 0 Å². The zero-order valence-electron chi connectivity index (χ0n) is 10.4. The first-order chi connectivity index (χ1) is 8.40. The minimum Gasteiger partial charge on any atom is -0.394 e. The highest BCUT2D eigenvalue weighted by Crippen LogP contribution is 2.22. The first-order valence-electron chi connectivity index (χ1n) is 6.73. The predicted molar refractivity (Wildman–Crippen MR) is 67.6 cm³/mol. The second kappa shape index (κ2) is 6.77. The quantitative estimate of drug-likeness (QED) is 0.686. The largest absolute Gasteiger partial charge is 0.394 e. The minimum absolute atomic E-state index is 0.0479. The zero-order chi connectivity index (χ0) is 11.9. The molecule has 0 aliphatic heterocycles. The van der Waals surface area contributed by atoms with E-state index >= 15 is 0 Å². The fraction of sp³-hybridized carbons (Fsp3) is 0.769. The molecule has 0 amide bonds. The number of aromatic amines is 1. The summed E-state index contributed by atoms with van der Waals surface area (Å²) in [7, 11) is 0. The second-order valence-corrected chi connectivity index (χ2v) is 4.98. The molecule has 1 aliphatic carbocycles. The minimum atomic E-state index is -0.0479. The summed E-state index contributed by atoms with van der Waals surface area (Å²) in [5.74, 6) is 1.60. The molecule has 1 fully saturated rings. The summed E-state index contributed by atoms with van der Waals surface area (Å²) in [4.78, 5) is 7.25. The van der Waals surface area contributed by atoms with E-state index < -0.39 is 0 Å². The van der Waals surface area contributed by atoms with Crippen molar-refractivity contribution in [1.29, 1.82) is 0 Å². The normalized spacial score (nSPS) is 20.1. The fourth-order valence-corrected chi connectivity index (χ4v) is 2.59. The monoisotopic (exact) mass is 237 g/mol. The summed E-state index contributed by atoms with van der Waals surface area (Å²) in [5, 5.41) is 12.8. The molecule has 1 saturated carbocycles. The number of aliphatic hydroxyl groups is 1. The summed E-state index contributed by atoms with van der Waals surface area (Å²) in [6.07, 6.45) is 11.7. The molecule has 1 atom stereocenters. The van der Waals surface area contributed by atoms with E-state index in [4.69, 9.17) is 0 Å². The zero-order valence-corrected chi connectivity index (χ0v) is 10.4. The van der Waals surface area contributed by atoms with Gasteiger partial charge in [0.25, 0.3) is 0 Å². The van der Waals surface area contributed by atoms with Crippen molar-refractivity contribution in [2.75, 3.05) is 13.2 Å². The van der Waals surface area contributed by atoms with Gasteiger partial charge in [-0.05, 0) is 25.3 Å². The van der Waals surface area contributed by atoms with Gasteiger partial charge in [0.1, 0.15) is 5.82 Å². The number of H-pyrrole nitrogens is 1. The van der Waals surface area contributed by atoms with Crippen LogP contribution in [0.5, 0.6) is 0 Å². The third kappa shape index (κ3) is 3.82. The third-order valence-electron chi connectivity index (χ3n) is 3.66. The van der Waals surface area contributed by atoms with Gasteiger partial charge in [-0.2, -0.15) is 0 Å². The topological polar surface area (TPSA) is 60.9 Å². The molecule has 1 aromatic heterocycles. The Morgan fingerprint density at radius 3 is 2.71 bits per heavy atom. The van der Waals surface area contributed by atoms with Gasteiger partial charge in [0.2, 0.25) is 0 Å². The molecular weight excluding hydrogens is 214 g/mol. The molecule has 1 aromatic rings. The number of nitrogens with zero attached hydrogens (tertiary/aromatic N) is 1. The number of hydrogen-bond donors (Lipinski definition) is 3. The Balaban J connectivity index is 1.79. The SMILES string of the molecule is OCC(NCC1CCCCCC1)c1ncc[nH]1. The molecule has 4 heteroatoms. The Hall–Kier alpha value is -0.870. The van der Waals surface area contributed by atoms with Crippen molar-refractivity contribution in [3.05, 3.63) is 18.2 Å². The third-order valence-corrected chi connectivity index (χ3v) is 3.66. The highest BCUT2D eigenvalue weighted by Gasteiger charge is 2.16. The van der Waals surface area contributed by atoms with Crippen molar-refractivity contribution in [2.45, 2.75) is 44.6 Å². The first-order valence-corrected chi connectivity index (χ1v) is 6.73. The highest BCUT2D eigenvalue weighted by atomic mass is 16.3. The number of rotatable bonds is 5. The molecular formula is C13H23N3O. The summed E-state index contributed by atoms with van der Waals surface area (Å²) < 4.78 is 0. The van der Waals surface area contributed by atoms with Crippen LogP contribution < -0.4 is 5.32 Å². The van der Waals surface area contributed by atoms with Gasteiger partial charge < -0.3 is 15.4 Å². The Morgan fingerprint density at radius 2 is 2.12 bits per heavy atom. The van der Waals surface area contributed by atoms with E-state index in [1.54, 1.807) is 12.4 Å². The second-order valence-electron chi connectivity index (χ2n) is 4.98. The lowest BCUT2D eigenvalue weighted by molar-refractivity contribution is 0.231. The number of aromatic nitrogens is 2. The van der Waals surface area contributed by atoms with Crippen molar-refractivity contribution in [3.63, 3.8) is 0 Å². The number of hydrogen-bond acceptors (Lipinski definition) is 3. The molecule has 1 heterocycles. The molecule has 96 valence electrons. The Labute approximate surface area is 103 Å². The van der Waals surface area contributed by atoms with Gasteiger partial charge in [-0.15, -0.1) is 0 Å². The molecule has 0 saturated heterocycles. The highest BCUT2D eigenvalue weighted by molar-refractivity contribution is 4.95. The molecule has 1 aliphatic rings. The van der Waals surface area contributed by atoms with Gasteiger partial charge in [0, 0.05) is 12.4 Å². The van der Waals surface area contributed by atoms with Gasteiger partial charge in [0.05, 0.1) is 12.6 Å². The van der Waals surface area contributed by atoms with Crippen LogP contribution in [-0.4, -0.2) is 28.2 Å². The summed E-state index contributed by atoms with van der Waals surface area (Å²) in [5.41, 5.74) is 0. The van der Waals surface area contributed by atoms with E-state index in [0.717, 1.165) is 18.3 Å². The van der Waals surface area contributed by atoms with Crippen LogP contribution in [0.25, 0.3) is 0 Å². The summed E-state index contributed by atoms with van der Waals surface area (Å²) >= 11 is 0. The lowest BCUT2D eigenvalue weighted by Gasteiger charge is -2.19. The fourth-order valence-electron chi connectivity index (χ4n) is 2.59. The van der Waals surface area contributed by atoms with E-state index in [1.807, 2.05) is 0 Å². The Kier molecular flexibility index (Phi) is 5.01. The molecule has 3 N–H and O–H groups in total. The predicted octanol–water partition coefficient (Wildman–Crippen LogP) is 2.00. The van der Waals surface area contributed by atoms with Crippen LogP contribution in [-0.2, 0) is 0 Å². The van der Waals surface area contributed by atoms with Crippen molar-refractivity contribution in [2.24, 2.45) is 5.92 Å². The van der Waals surface area contributed by atoms with E-state index in [-0.39, 0.29) is 12.6 Å². The number of aliphatic hydroxyl groups excluding tert-OH is 1. The van der Waals surface area contributed by atoms with E-state index in [0.29, 0.717) is 0 Å². The van der Waals surface area contributed by atoms with Crippen molar-refractivity contribution < 1.29 is 5.11 Å². The lowest BCUT2D eigenvalue weighted by atomic mass is 10.00. The maximum Gasteiger partial charge on any atom is 0.125 e. The van der Waals surface area contributed by atoms with Crippen molar-refractivity contribution in [1.82, 2.24) is 15.3 Å². The summed E-state index contributed by atoms with van der Waals surface area (Å²) in [6, 6.07) is -0.0479. The average Bonchev–Trinajstić information content (AvgIpc) is 2.74. The van der Waals surface area contributed by atoms with Crippen LogP contribution in [0, 0.1) is 5.92 Å². The van der Waals surface area contributed by atoms with E-state index in [1.165, 1.54) is 38.5 Å². The summed E-state index contributed by atoms with van der Waals surface area (Å²) in [6.45, 7) is 1.09. The van der Waals surface area contributed by atoms with Crippen molar-refractivity contribution >= 4 is 0 Å². The maximum absolute atomic E-state index is 9.36. The first kappa shape index (κ1) is 12.6. The number of nitrogens with one attached hydrogen (secondary N) is 2. The molecule has 1 unspecified atom stereocenters.